The number of rotatable bonds is 3. The van der Waals surface area contributed by atoms with Gasteiger partial charge in [-0.2, -0.15) is 13.2 Å². The summed E-state index contributed by atoms with van der Waals surface area (Å²) in [5, 5.41) is 2.66. The number of nitrogens with one attached hydrogen (secondary N) is 1. The Balaban J connectivity index is 1.72. The number of piperidine rings is 1. The van der Waals surface area contributed by atoms with Gasteiger partial charge in [0.05, 0.1) is 5.92 Å². The highest BCUT2D eigenvalue weighted by molar-refractivity contribution is 5.95. The highest BCUT2D eigenvalue weighted by Crippen LogP contribution is 2.32. The first-order valence-electron chi connectivity index (χ1n) is 7.98. The van der Waals surface area contributed by atoms with Crippen molar-refractivity contribution in [3.8, 4) is 0 Å². The predicted molar refractivity (Wildman–Crippen MR) is 87.1 cm³/mol. The summed E-state index contributed by atoms with van der Waals surface area (Å²) < 4.78 is 42.6. The van der Waals surface area contributed by atoms with Gasteiger partial charge in [0.25, 0.3) is 0 Å². The van der Waals surface area contributed by atoms with Crippen LogP contribution in [-0.2, 0) is 15.8 Å². The van der Waals surface area contributed by atoms with Crippen LogP contribution in [0.15, 0.2) is 35.3 Å². The van der Waals surface area contributed by atoms with E-state index in [-0.39, 0.29) is 29.5 Å². The van der Waals surface area contributed by atoms with E-state index in [0.29, 0.717) is 25.1 Å². The lowest BCUT2D eigenvalue weighted by molar-refractivity contribution is -0.156. The predicted octanol–water partition coefficient (Wildman–Crippen LogP) is 3.21. The average molecular weight is 367 g/mol. The Morgan fingerprint density at radius 2 is 2.15 bits per heavy atom. The maximum Gasteiger partial charge on any atom is 0.468 e. The van der Waals surface area contributed by atoms with Gasteiger partial charge in [-0.1, -0.05) is 6.58 Å². The van der Waals surface area contributed by atoms with Gasteiger partial charge in [0.2, 0.25) is 11.8 Å². The van der Waals surface area contributed by atoms with Gasteiger partial charge in [-0.3, -0.25) is 9.59 Å². The van der Waals surface area contributed by atoms with Gasteiger partial charge < -0.3 is 14.6 Å². The Morgan fingerprint density at radius 1 is 1.38 bits per heavy atom. The second-order valence-electron chi connectivity index (χ2n) is 6.02. The zero-order valence-electron chi connectivity index (χ0n) is 13.7. The van der Waals surface area contributed by atoms with Crippen molar-refractivity contribution in [1.82, 2.24) is 9.88 Å². The van der Waals surface area contributed by atoms with E-state index in [1.54, 1.807) is 4.90 Å². The Hall–Kier alpha value is -2.84. The monoisotopic (exact) mass is 367 g/mol. The van der Waals surface area contributed by atoms with E-state index in [2.05, 4.69) is 21.3 Å². The molecule has 1 unspecified atom stereocenters. The van der Waals surface area contributed by atoms with Crippen molar-refractivity contribution in [2.24, 2.45) is 5.92 Å². The first-order valence-corrected chi connectivity index (χ1v) is 7.98. The minimum Gasteiger partial charge on any atom is -0.433 e. The summed E-state index contributed by atoms with van der Waals surface area (Å²) in [6.45, 7) is 4.28. The lowest BCUT2D eigenvalue weighted by atomic mass is 9.97. The van der Waals surface area contributed by atoms with Gasteiger partial charge in [-0.15, -0.1) is 0 Å². The maximum absolute atomic E-state index is 12.6. The summed E-state index contributed by atoms with van der Waals surface area (Å²) in [6, 6.07) is 4.09. The Labute approximate surface area is 146 Å². The Bertz CT molecular complexity index is 860. The van der Waals surface area contributed by atoms with Crippen LogP contribution in [0.1, 0.15) is 18.7 Å². The number of aromatic nitrogens is 1. The number of fused-ring (bicyclic) bond motifs is 1. The van der Waals surface area contributed by atoms with Gasteiger partial charge in [0, 0.05) is 18.8 Å². The van der Waals surface area contributed by atoms with Crippen molar-refractivity contribution in [3.63, 3.8) is 0 Å². The second-order valence-corrected chi connectivity index (χ2v) is 6.02. The van der Waals surface area contributed by atoms with E-state index >= 15 is 0 Å². The van der Waals surface area contributed by atoms with Crippen molar-refractivity contribution in [2.75, 3.05) is 18.4 Å². The fourth-order valence-electron chi connectivity index (χ4n) is 2.89. The van der Waals surface area contributed by atoms with E-state index < -0.39 is 18.0 Å². The number of oxazole rings is 1. The van der Waals surface area contributed by atoms with E-state index in [4.69, 9.17) is 0 Å². The summed E-state index contributed by atoms with van der Waals surface area (Å²) in [5.41, 5.74) is 0.301. The molecule has 6 nitrogen and oxygen atoms in total. The molecule has 0 bridgehead atoms. The number of amides is 2. The first kappa shape index (κ1) is 18.0. The van der Waals surface area contributed by atoms with Gasteiger partial charge in [-0.25, -0.2) is 4.98 Å². The van der Waals surface area contributed by atoms with E-state index in [9.17, 15) is 22.8 Å². The van der Waals surface area contributed by atoms with Crippen molar-refractivity contribution in [3.05, 3.63) is 36.7 Å². The molecule has 1 aromatic heterocycles. The van der Waals surface area contributed by atoms with E-state index in [1.807, 2.05) is 0 Å². The largest absolute Gasteiger partial charge is 0.468 e. The van der Waals surface area contributed by atoms with Gasteiger partial charge >= 0.3 is 12.1 Å². The molecule has 1 saturated heterocycles. The third-order valence-electron chi connectivity index (χ3n) is 4.18. The molecule has 9 heteroatoms. The van der Waals surface area contributed by atoms with Crippen LogP contribution in [0.4, 0.5) is 18.9 Å². The molecule has 1 N–H and O–H groups in total. The zero-order valence-corrected chi connectivity index (χ0v) is 13.7. The molecular formula is C17H16F3N3O3. The zero-order chi connectivity index (χ0) is 18.9. The summed E-state index contributed by atoms with van der Waals surface area (Å²) in [6.07, 6.45) is -2.16. The minimum atomic E-state index is -4.67. The van der Waals surface area contributed by atoms with Crippen LogP contribution in [0.25, 0.3) is 11.1 Å². The minimum absolute atomic E-state index is 0.00207. The summed E-state index contributed by atoms with van der Waals surface area (Å²) in [7, 11) is 0. The standard InChI is InChI=1S/C17H16F3N3O3/c1-2-14(24)23-7-3-4-10(9-23)15(25)21-11-5-6-13-12(8-11)22-16(26-13)17(18,19)20/h2,5-6,8,10H,1,3-4,7,9H2,(H,21,25). The number of anilines is 1. The molecule has 1 atom stereocenters. The molecule has 26 heavy (non-hydrogen) atoms. The van der Waals surface area contributed by atoms with Crippen LogP contribution < -0.4 is 5.32 Å². The maximum atomic E-state index is 12.6. The normalized spacial score (nSPS) is 18.0. The molecule has 2 amide bonds. The SMILES string of the molecule is C=CC(=O)N1CCCC(C(=O)Nc2ccc3oc(C(F)(F)F)nc3c2)C1. The molecule has 138 valence electrons. The lowest BCUT2D eigenvalue weighted by Gasteiger charge is -2.31. The van der Waals surface area contributed by atoms with Crippen molar-refractivity contribution in [2.45, 2.75) is 19.0 Å². The number of halogens is 3. The van der Waals surface area contributed by atoms with E-state index in [1.165, 1.54) is 24.3 Å². The summed E-state index contributed by atoms with van der Waals surface area (Å²) in [5.74, 6) is -2.26. The number of likely N-dealkylation sites (tertiary alicyclic amines) is 1. The number of nitrogens with zero attached hydrogens (tertiary/aromatic N) is 2. The number of hydrogen-bond donors (Lipinski definition) is 1. The summed E-state index contributed by atoms with van der Waals surface area (Å²) >= 11 is 0. The number of alkyl halides is 3. The number of hydrogen-bond acceptors (Lipinski definition) is 4. The smallest absolute Gasteiger partial charge is 0.433 e. The van der Waals surface area contributed by atoms with Gasteiger partial charge in [-0.05, 0) is 37.1 Å². The van der Waals surface area contributed by atoms with Gasteiger partial charge in [0.15, 0.2) is 5.58 Å². The second kappa shape index (κ2) is 6.81. The molecule has 0 saturated carbocycles. The highest BCUT2D eigenvalue weighted by Gasteiger charge is 2.37. The summed E-state index contributed by atoms with van der Waals surface area (Å²) in [4.78, 5) is 29.1. The van der Waals surface area contributed by atoms with Crippen molar-refractivity contribution in [1.29, 1.82) is 0 Å². The Morgan fingerprint density at radius 3 is 2.85 bits per heavy atom. The van der Waals surface area contributed by atoms with Crippen LogP contribution in [-0.4, -0.2) is 34.8 Å². The number of carbonyl (C=O) groups is 2. The average Bonchev–Trinajstić information content (AvgIpc) is 3.05. The third kappa shape index (κ3) is 3.71. The molecule has 2 heterocycles. The molecule has 0 aliphatic carbocycles. The molecular weight excluding hydrogens is 351 g/mol. The van der Waals surface area contributed by atoms with Crippen molar-refractivity contribution < 1.29 is 27.2 Å². The van der Waals surface area contributed by atoms with Crippen LogP contribution in [0, 0.1) is 5.92 Å². The van der Waals surface area contributed by atoms with Crippen LogP contribution >= 0.6 is 0 Å². The molecule has 0 spiro atoms. The molecule has 1 aromatic carbocycles. The van der Waals surface area contributed by atoms with E-state index in [0.717, 1.165) is 0 Å². The fourth-order valence-corrected chi connectivity index (χ4v) is 2.89. The van der Waals surface area contributed by atoms with Gasteiger partial charge in [0.1, 0.15) is 5.52 Å². The topological polar surface area (TPSA) is 75.4 Å². The Kier molecular flexibility index (Phi) is 4.71. The highest BCUT2D eigenvalue weighted by atomic mass is 19.4. The molecule has 2 aromatic rings. The molecule has 0 radical (unpaired) electrons. The molecule has 1 fully saturated rings. The van der Waals surface area contributed by atoms with Crippen LogP contribution in [0.2, 0.25) is 0 Å². The fraction of sp³-hybridized carbons (Fsp3) is 0.353. The molecule has 3 rings (SSSR count). The number of carbonyl (C=O) groups excluding carboxylic acids is 2. The quantitative estimate of drug-likeness (QED) is 0.846. The number of benzene rings is 1. The molecule has 1 aliphatic rings. The van der Waals surface area contributed by atoms with Crippen LogP contribution in [0.5, 0.6) is 0 Å². The van der Waals surface area contributed by atoms with Crippen LogP contribution in [0.3, 0.4) is 0 Å². The first-order chi connectivity index (χ1) is 12.3. The van der Waals surface area contributed by atoms with Crippen molar-refractivity contribution >= 4 is 28.6 Å². The molecule has 1 aliphatic heterocycles. The lowest BCUT2D eigenvalue weighted by Crippen LogP contribution is -2.43. The third-order valence-corrected chi connectivity index (χ3v) is 4.18.